The van der Waals surface area contributed by atoms with Gasteiger partial charge in [-0.1, -0.05) is 17.7 Å². The highest BCUT2D eigenvalue weighted by Gasteiger charge is 2.07. The maximum atomic E-state index is 4.43. The lowest BCUT2D eigenvalue weighted by atomic mass is 10.1. The van der Waals surface area contributed by atoms with Crippen LogP contribution in [0, 0.1) is 20.8 Å². The van der Waals surface area contributed by atoms with Crippen molar-refractivity contribution in [2.75, 3.05) is 5.43 Å². The summed E-state index contributed by atoms with van der Waals surface area (Å²) in [5.41, 5.74) is 9.90. The monoisotopic (exact) mass is 241 g/mol. The second-order valence-corrected chi connectivity index (χ2v) is 4.65. The smallest absolute Gasteiger partial charge is 0.0669 e. The van der Waals surface area contributed by atoms with Crippen LogP contribution in [0.15, 0.2) is 35.6 Å². The van der Waals surface area contributed by atoms with Crippen LogP contribution < -0.4 is 5.43 Å². The Morgan fingerprint density at radius 3 is 2.33 bits per heavy atom. The molecular formula is C15H19N3. The van der Waals surface area contributed by atoms with E-state index in [1.165, 1.54) is 16.7 Å². The Labute approximate surface area is 108 Å². The van der Waals surface area contributed by atoms with Crippen molar-refractivity contribution in [2.24, 2.45) is 5.10 Å². The van der Waals surface area contributed by atoms with Gasteiger partial charge in [0.25, 0.3) is 0 Å². The maximum Gasteiger partial charge on any atom is 0.0669 e. The van der Waals surface area contributed by atoms with E-state index < -0.39 is 0 Å². The third-order valence-corrected chi connectivity index (χ3v) is 3.04. The van der Waals surface area contributed by atoms with Gasteiger partial charge in [-0.2, -0.15) is 5.10 Å². The van der Waals surface area contributed by atoms with Crippen LogP contribution in [0.1, 0.15) is 29.3 Å². The van der Waals surface area contributed by atoms with Crippen LogP contribution in [0.25, 0.3) is 0 Å². The molecule has 2 rings (SSSR count). The van der Waals surface area contributed by atoms with Crippen LogP contribution >= 0.6 is 0 Å². The number of aromatic nitrogens is 1. The molecule has 3 nitrogen and oxygen atoms in total. The zero-order chi connectivity index (χ0) is 13.1. The predicted molar refractivity (Wildman–Crippen MR) is 77.3 cm³/mol. The largest absolute Gasteiger partial charge is 0.364 e. The molecule has 0 spiro atoms. The Hall–Kier alpha value is -2.03. The average Bonchev–Trinajstić information content (AvgIpc) is 2.68. The summed E-state index contributed by atoms with van der Waals surface area (Å²) in [6.45, 7) is 8.24. The molecule has 1 heterocycles. The molecule has 2 N–H and O–H groups in total. The van der Waals surface area contributed by atoms with Crippen molar-refractivity contribution < 1.29 is 0 Å². The van der Waals surface area contributed by atoms with Crippen molar-refractivity contribution in [3.8, 4) is 0 Å². The minimum absolute atomic E-state index is 0.992. The minimum Gasteiger partial charge on any atom is -0.364 e. The number of nitrogens with zero attached hydrogens (tertiary/aromatic N) is 1. The van der Waals surface area contributed by atoms with Gasteiger partial charge in [0.2, 0.25) is 0 Å². The van der Waals surface area contributed by atoms with Crippen LogP contribution in [-0.4, -0.2) is 10.7 Å². The minimum atomic E-state index is 0.992. The van der Waals surface area contributed by atoms with E-state index in [4.69, 9.17) is 0 Å². The lowest BCUT2D eigenvalue weighted by molar-refractivity contribution is 1.25. The van der Waals surface area contributed by atoms with Crippen molar-refractivity contribution in [1.29, 1.82) is 0 Å². The van der Waals surface area contributed by atoms with Gasteiger partial charge in [0.05, 0.1) is 11.4 Å². The van der Waals surface area contributed by atoms with Gasteiger partial charge in [-0.25, -0.2) is 0 Å². The first-order chi connectivity index (χ1) is 8.58. The molecule has 0 saturated carbocycles. The van der Waals surface area contributed by atoms with Crippen LogP contribution in [0.2, 0.25) is 0 Å². The molecule has 1 aromatic carbocycles. The topological polar surface area (TPSA) is 40.2 Å². The van der Waals surface area contributed by atoms with E-state index in [2.05, 4.69) is 48.4 Å². The van der Waals surface area contributed by atoms with Gasteiger partial charge in [-0.05, 0) is 45.4 Å². The van der Waals surface area contributed by atoms with Crippen LogP contribution in [-0.2, 0) is 0 Å². The molecule has 94 valence electrons. The molecular weight excluding hydrogens is 222 g/mol. The Morgan fingerprint density at radius 2 is 1.78 bits per heavy atom. The first-order valence-corrected chi connectivity index (χ1v) is 6.10. The predicted octanol–water partition coefficient (Wildman–Crippen LogP) is 3.78. The number of aryl methyl sites for hydroxylation is 3. The highest BCUT2D eigenvalue weighted by atomic mass is 15.3. The van der Waals surface area contributed by atoms with Crippen molar-refractivity contribution >= 4 is 11.4 Å². The quantitative estimate of drug-likeness (QED) is 0.623. The fourth-order valence-corrected chi connectivity index (χ4v) is 2.05. The molecule has 2 aromatic rings. The fraction of sp³-hybridized carbons (Fsp3) is 0.267. The lowest BCUT2D eigenvalue weighted by Crippen LogP contribution is -2.02. The Morgan fingerprint density at radius 1 is 1.11 bits per heavy atom. The first-order valence-electron chi connectivity index (χ1n) is 6.10. The van der Waals surface area contributed by atoms with Gasteiger partial charge in [-0.3, -0.25) is 5.43 Å². The standard InChI is InChI=1S/C15H19N3/c1-10-5-7-14(8-6-10)18-17-13(4)15-11(2)9-16-12(15)3/h5-9,16,18H,1-4H3/b17-13+. The van der Waals surface area contributed by atoms with Gasteiger partial charge in [0.1, 0.15) is 0 Å². The number of rotatable bonds is 3. The van der Waals surface area contributed by atoms with Gasteiger partial charge < -0.3 is 4.98 Å². The number of anilines is 1. The third kappa shape index (κ3) is 2.62. The van der Waals surface area contributed by atoms with Crippen molar-refractivity contribution in [2.45, 2.75) is 27.7 Å². The molecule has 0 atom stereocenters. The molecule has 18 heavy (non-hydrogen) atoms. The van der Waals surface area contributed by atoms with Gasteiger partial charge >= 0.3 is 0 Å². The molecule has 0 fully saturated rings. The van der Waals surface area contributed by atoms with Gasteiger partial charge in [-0.15, -0.1) is 0 Å². The Kier molecular flexibility index (Phi) is 3.51. The molecule has 0 aliphatic heterocycles. The summed E-state index contributed by atoms with van der Waals surface area (Å²) in [4.78, 5) is 3.21. The number of benzene rings is 1. The average molecular weight is 241 g/mol. The molecule has 0 unspecified atom stereocenters. The summed E-state index contributed by atoms with van der Waals surface area (Å²) in [5.74, 6) is 0. The maximum absolute atomic E-state index is 4.43. The van der Waals surface area contributed by atoms with E-state index in [-0.39, 0.29) is 0 Å². The zero-order valence-electron chi connectivity index (χ0n) is 11.3. The summed E-state index contributed by atoms with van der Waals surface area (Å²) in [6.07, 6.45) is 2.01. The summed E-state index contributed by atoms with van der Waals surface area (Å²) in [7, 11) is 0. The van der Waals surface area contributed by atoms with Crippen LogP contribution in [0.5, 0.6) is 0 Å². The molecule has 3 heteroatoms. The molecule has 0 amide bonds. The number of hydrogen-bond donors (Lipinski definition) is 2. The van der Waals surface area contributed by atoms with E-state index >= 15 is 0 Å². The van der Waals surface area contributed by atoms with Crippen LogP contribution in [0.4, 0.5) is 5.69 Å². The van der Waals surface area contributed by atoms with Crippen molar-refractivity contribution in [1.82, 2.24) is 4.98 Å². The number of aromatic amines is 1. The second-order valence-electron chi connectivity index (χ2n) is 4.65. The lowest BCUT2D eigenvalue weighted by Gasteiger charge is -2.05. The van der Waals surface area contributed by atoms with Crippen LogP contribution in [0.3, 0.4) is 0 Å². The van der Waals surface area contributed by atoms with Crippen molar-refractivity contribution in [3.63, 3.8) is 0 Å². The SMILES string of the molecule is C/C(=N\Nc1ccc(C)cc1)c1c(C)c[nH]c1C. The molecule has 0 bridgehead atoms. The molecule has 1 aromatic heterocycles. The van der Waals surface area contributed by atoms with Gasteiger partial charge in [0.15, 0.2) is 0 Å². The summed E-state index contributed by atoms with van der Waals surface area (Å²) >= 11 is 0. The van der Waals surface area contributed by atoms with E-state index in [9.17, 15) is 0 Å². The summed E-state index contributed by atoms with van der Waals surface area (Å²) in [5, 5.41) is 4.43. The van der Waals surface area contributed by atoms with E-state index in [0.29, 0.717) is 0 Å². The fourth-order valence-electron chi connectivity index (χ4n) is 2.05. The molecule has 0 radical (unpaired) electrons. The molecule has 0 saturated heterocycles. The number of nitrogens with one attached hydrogen (secondary N) is 2. The van der Waals surface area contributed by atoms with Gasteiger partial charge in [0, 0.05) is 17.5 Å². The zero-order valence-corrected chi connectivity index (χ0v) is 11.3. The summed E-state index contributed by atoms with van der Waals surface area (Å²) in [6, 6.07) is 8.20. The second kappa shape index (κ2) is 5.08. The highest BCUT2D eigenvalue weighted by Crippen LogP contribution is 2.14. The Bertz CT molecular complexity index is 542. The van der Waals surface area contributed by atoms with E-state index in [1.807, 2.05) is 25.3 Å². The number of hydrogen-bond acceptors (Lipinski definition) is 2. The van der Waals surface area contributed by atoms with Crippen molar-refractivity contribution in [3.05, 3.63) is 52.8 Å². The number of H-pyrrole nitrogens is 1. The highest BCUT2D eigenvalue weighted by molar-refractivity contribution is 6.01. The number of hydrazone groups is 1. The van der Waals surface area contributed by atoms with E-state index in [0.717, 1.165) is 17.1 Å². The Balaban J connectivity index is 2.17. The third-order valence-electron chi connectivity index (χ3n) is 3.04. The van der Waals surface area contributed by atoms with E-state index in [1.54, 1.807) is 0 Å². The molecule has 0 aliphatic carbocycles. The molecule has 0 aliphatic rings. The normalized spacial score (nSPS) is 11.7. The summed E-state index contributed by atoms with van der Waals surface area (Å²) < 4.78 is 0. The first kappa shape index (κ1) is 12.4.